The Morgan fingerprint density at radius 3 is 2.40 bits per heavy atom. The molecule has 1 heterocycles. The lowest BCUT2D eigenvalue weighted by atomic mass is 9.95. The summed E-state index contributed by atoms with van der Waals surface area (Å²) in [7, 11) is 4.51. The SMILES string of the molecule is COc1cc2c(c(OC)c1)C(C=O)N(c1ccc(OC)c(F)c1)C=C2. The Hall–Kier alpha value is -3.02. The second kappa shape index (κ2) is 6.84. The van der Waals surface area contributed by atoms with E-state index in [1.165, 1.54) is 26.4 Å². The van der Waals surface area contributed by atoms with Crippen molar-refractivity contribution in [3.63, 3.8) is 0 Å². The predicted molar refractivity (Wildman–Crippen MR) is 92.8 cm³/mol. The van der Waals surface area contributed by atoms with Gasteiger partial charge in [-0.25, -0.2) is 4.39 Å². The van der Waals surface area contributed by atoms with Gasteiger partial charge >= 0.3 is 0 Å². The summed E-state index contributed by atoms with van der Waals surface area (Å²) in [6.45, 7) is 0. The molecule has 0 aliphatic carbocycles. The highest BCUT2D eigenvalue weighted by atomic mass is 19.1. The number of methoxy groups -OCH3 is 3. The van der Waals surface area contributed by atoms with Crippen LogP contribution in [0.5, 0.6) is 17.2 Å². The van der Waals surface area contributed by atoms with Gasteiger partial charge in [0.15, 0.2) is 11.6 Å². The molecule has 2 aromatic rings. The minimum Gasteiger partial charge on any atom is -0.497 e. The van der Waals surface area contributed by atoms with Crippen LogP contribution in [0.2, 0.25) is 0 Å². The number of halogens is 1. The normalized spacial score (nSPS) is 15.5. The van der Waals surface area contributed by atoms with Gasteiger partial charge in [0.25, 0.3) is 0 Å². The highest BCUT2D eigenvalue weighted by molar-refractivity contribution is 5.80. The smallest absolute Gasteiger partial charge is 0.167 e. The van der Waals surface area contributed by atoms with Gasteiger partial charge in [0.2, 0.25) is 0 Å². The third kappa shape index (κ3) is 2.91. The first-order valence-electron chi connectivity index (χ1n) is 7.64. The molecule has 0 saturated carbocycles. The summed E-state index contributed by atoms with van der Waals surface area (Å²) in [4.78, 5) is 13.5. The number of fused-ring (bicyclic) bond motifs is 1. The van der Waals surface area contributed by atoms with Gasteiger partial charge in [-0.1, -0.05) is 0 Å². The second-order valence-corrected chi connectivity index (χ2v) is 5.46. The fourth-order valence-corrected chi connectivity index (χ4v) is 2.95. The topological polar surface area (TPSA) is 48.0 Å². The van der Waals surface area contributed by atoms with Crippen LogP contribution in [0.3, 0.4) is 0 Å². The zero-order valence-electron chi connectivity index (χ0n) is 14.2. The number of anilines is 1. The Labute approximate surface area is 145 Å². The van der Waals surface area contributed by atoms with Crippen molar-refractivity contribution < 1.29 is 23.4 Å². The van der Waals surface area contributed by atoms with E-state index in [0.29, 0.717) is 22.7 Å². The maximum absolute atomic E-state index is 14.1. The van der Waals surface area contributed by atoms with Crippen molar-refractivity contribution in [3.05, 3.63) is 53.5 Å². The Bertz CT molecular complexity index is 834. The lowest BCUT2D eigenvalue weighted by Gasteiger charge is -2.32. The van der Waals surface area contributed by atoms with Crippen LogP contribution in [-0.2, 0) is 4.79 Å². The maximum atomic E-state index is 14.1. The van der Waals surface area contributed by atoms with E-state index in [-0.39, 0.29) is 5.75 Å². The summed E-state index contributed by atoms with van der Waals surface area (Å²) in [5, 5.41) is 0. The van der Waals surface area contributed by atoms with Gasteiger partial charge in [0.1, 0.15) is 23.8 Å². The van der Waals surface area contributed by atoms with E-state index in [1.807, 2.05) is 12.1 Å². The number of carbonyl (C=O) groups excluding carboxylic acids is 1. The minimum absolute atomic E-state index is 0.148. The summed E-state index contributed by atoms with van der Waals surface area (Å²) < 4.78 is 29.7. The molecule has 1 aliphatic heterocycles. The maximum Gasteiger partial charge on any atom is 0.167 e. The molecular formula is C19H18FNO4. The number of rotatable bonds is 5. The molecule has 3 rings (SSSR count). The quantitative estimate of drug-likeness (QED) is 0.777. The molecule has 25 heavy (non-hydrogen) atoms. The van der Waals surface area contributed by atoms with E-state index < -0.39 is 11.9 Å². The van der Waals surface area contributed by atoms with Crippen LogP contribution in [0.15, 0.2) is 36.5 Å². The van der Waals surface area contributed by atoms with Crippen LogP contribution >= 0.6 is 0 Å². The molecule has 0 N–H and O–H groups in total. The molecule has 0 fully saturated rings. The number of ether oxygens (including phenoxy) is 3. The van der Waals surface area contributed by atoms with E-state index in [1.54, 1.807) is 30.3 Å². The summed E-state index contributed by atoms with van der Waals surface area (Å²) in [6, 6.07) is 7.47. The van der Waals surface area contributed by atoms with Crippen molar-refractivity contribution >= 4 is 18.0 Å². The molecule has 0 aromatic heterocycles. The fraction of sp³-hybridized carbons (Fsp3) is 0.211. The average Bonchev–Trinajstić information content (AvgIpc) is 2.65. The number of aldehydes is 1. The van der Waals surface area contributed by atoms with Gasteiger partial charge in [0, 0.05) is 29.6 Å². The van der Waals surface area contributed by atoms with Crippen molar-refractivity contribution in [1.82, 2.24) is 0 Å². The molecule has 1 unspecified atom stereocenters. The first kappa shape index (κ1) is 16.8. The Kier molecular flexibility index (Phi) is 4.61. The molecule has 1 aliphatic rings. The molecule has 130 valence electrons. The van der Waals surface area contributed by atoms with Gasteiger partial charge in [-0.3, -0.25) is 0 Å². The fourth-order valence-electron chi connectivity index (χ4n) is 2.95. The largest absolute Gasteiger partial charge is 0.497 e. The van der Waals surface area contributed by atoms with E-state index in [2.05, 4.69) is 0 Å². The zero-order chi connectivity index (χ0) is 18.0. The third-order valence-corrected chi connectivity index (χ3v) is 4.18. The number of hydrogen-bond donors (Lipinski definition) is 0. The Balaban J connectivity index is 2.10. The molecule has 0 bridgehead atoms. The van der Waals surface area contributed by atoms with Gasteiger partial charge in [0.05, 0.1) is 21.3 Å². The third-order valence-electron chi connectivity index (χ3n) is 4.18. The summed E-state index contributed by atoms with van der Waals surface area (Å²) >= 11 is 0. The van der Waals surface area contributed by atoms with E-state index in [0.717, 1.165) is 11.8 Å². The van der Waals surface area contributed by atoms with Crippen LogP contribution in [0, 0.1) is 5.82 Å². The highest BCUT2D eigenvalue weighted by Gasteiger charge is 2.29. The van der Waals surface area contributed by atoms with Crippen LogP contribution in [0.4, 0.5) is 10.1 Å². The summed E-state index contributed by atoms with van der Waals surface area (Å²) in [6.07, 6.45) is 4.38. The molecular weight excluding hydrogens is 325 g/mol. The Morgan fingerprint density at radius 2 is 1.80 bits per heavy atom. The second-order valence-electron chi connectivity index (χ2n) is 5.46. The molecule has 0 saturated heterocycles. The standard InChI is InChI=1S/C19H18FNO4/c1-23-14-8-12-6-7-21(13-4-5-17(24-2)15(20)9-13)16(11-22)19(12)18(10-14)25-3/h4-11,16H,1-3H3. The van der Waals surface area contributed by atoms with Gasteiger partial charge in [-0.2, -0.15) is 0 Å². The first-order valence-corrected chi connectivity index (χ1v) is 7.64. The molecule has 1 atom stereocenters. The number of nitrogens with zero attached hydrogens (tertiary/aromatic N) is 1. The van der Waals surface area contributed by atoms with E-state index >= 15 is 0 Å². The predicted octanol–water partition coefficient (Wildman–Crippen LogP) is 3.58. The lowest BCUT2D eigenvalue weighted by molar-refractivity contribution is -0.109. The van der Waals surface area contributed by atoms with Crippen LogP contribution in [0.25, 0.3) is 6.08 Å². The lowest BCUT2D eigenvalue weighted by Crippen LogP contribution is -2.28. The number of hydrogen-bond acceptors (Lipinski definition) is 5. The van der Waals surface area contributed by atoms with Crippen molar-refractivity contribution in [2.45, 2.75) is 6.04 Å². The molecule has 6 heteroatoms. The molecule has 5 nitrogen and oxygen atoms in total. The minimum atomic E-state index is -0.645. The van der Waals surface area contributed by atoms with Gasteiger partial charge in [-0.15, -0.1) is 0 Å². The van der Waals surface area contributed by atoms with E-state index in [9.17, 15) is 9.18 Å². The number of carbonyl (C=O) groups is 1. The van der Waals surface area contributed by atoms with Crippen LogP contribution < -0.4 is 19.1 Å². The Morgan fingerprint density at radius 1 is 1.04 bits per heavy atom. The molecule has 0 radical (unpaired) electrons. The van der Waals surface area contributed by atoms with Crippen LogP contribution in [-0.4, -0.2) is 27.6 Å². The zero-order valence-corrected chi connectivity index (χ0v) is 14.2. The first-order chi connectivity index (χ1) is 12.1. The van der Waals surface area contributed by atoms with Crippen molar-refractivity contribution in [1.29, 1.82) is 0 Å². The summed E-state index contributed by atoms with van der Waals surface area (Å²) in [5.41, 5.74) is 2.06. The molecule has 0 amide bonds. The van der Waals surface area contributed by atoms with E-state index in [4.69, 9.17) is 14.2 Å². The van der Waals surface area contributed by atoms with Crippen molar-refractivity contribution in [2.24, 2.45) is 0 Å². The molecule has 0 spiro atoms. The van der Waals surface area contributed by atoms with Crippen LogP contribution in [0.1, 0.15) is 17.2 Å². The average molecular weight is 343 g/mol. The van der Waals surface area contributed by atoms with Gasteiger partial charge in [-0.05, 0) is 29.8 Å². The monoisotopic (exact) mass is 343 g/mol. The van der Waals surface area contributed by atoms with Gasteiger partial charge < -0.3 is 23.9 Å². The number of benzene rings is 2. The summed E-state index contributed by atoms with van der Waals surface area (Å²) in [5.74, 6) is 0.823. The van der Waals surface area contributed by atoms with Crippen molar-refractivity contribution in [3.8, 4) is 17.2 Å². The molecule has 2 aromatic carbocycles. The highest BCUT2D eigenvalue weighted by Crippen LogP contribution is 2.41. The van der Waals surface area contributed by atoms with Crippen molar-refractivity contribution in [2.75, 3.05) is 26.2 Å².